The summed E-state index contributed by atoms with van der Waals surface area (Å²) in [7, 11) is 0. The molecule has 0 spiro atoms. The number of hydrogen-bond acceptors (Lipinski definition) is 3. The zero-order valence-electron chi connectivity index (χ0n) is 13.6. The fourth-order valence-electron chi connectivity index (χ4n) is 2.32. The molecule has 0 unspecified atom stereocenters. The van der Waals surface area contributed by atoms with Gasteiger partial charge in [-0.25, -0.2) is 4.68 Å². The van der Waals surface area contributed by atoms with Gasteiger partial charge in [-0.3, -0.25) is 4.79 Å². The molecule has 2 aromatic rings. The van der Waals surface area contributed by atoms with Crippen molar-refractivity contribution in [2.24, 2.45) is 5.92 Å². The number of nitrogens with zero attached hydrogens (tertiary/aromatic N) is 3. The second kappa shape index (κ2) is 6.57. The van der Waals surface area contributed by atoms with Crippen molar-refractivity contribution in [2.75, 3.05) is 0 Å². The molecule has 4 nitrogen and oxygen atoms in total. The molecule has 1 aromatic carbocycles. The van der Waals surface area contributed by atoms with Crippen LogP contribution in [-0.2, 0) is 13.0 Å². The van der Waals surface area contributed by atoms with E-state index in [1.807, 2.05) is 26.0 Å². The molecule has 4 heteroatoms. The van der Waals surface area contributed by atoms with Gasteiger partial charge >= 0.3 is 0 Å². The van der Waals surface area contributed by atoms with Gasteiger partial charge in [-0.1, -0.05) is 26.0 Å². The van der Waals surface area contributed by atoms with E-state index in [2.05, 4.69) is 31.1 Å². The fourth-order valence-corrected chi connectivity index (χ4v) is 2.32. The molecule has 0 aliphatic carbocycles. The molecular formula is C18H21N3O. The van der Waals surface area contributed by atoms with Crippen LogP contribution >= 0.6 is 0 Å². The van der Waals surface area contributed by atoms with E-state index < -0.39 is 0 Å². The largest absolute Gasteiger partial charge is 0.271 e. The van der Waals surface area contributed by atoms with E-state index in [9.17, 15) is 4.79 Å². The first-order valence-electron chi connectivity index (χ1n) is 7.48. The molecule has 22 heavy (non-hydrogen) atoms. The van der Waals surface area contributed by atoms with Crippen LogP contribution < -0.4 is 5.56 Å². The quantitative estimate of drug-likeness (QED) is 0.870. The van der Waals surface area contributed by atoms with Gasteiger partial charge in [0.25, 0.3) is 5.56 Å². The predicted molar refractivity (Wildman–Crippen MR) is 87.6 cm³/mol. The zero-order chi connectivity index (χ0) is 16.3. The molecule has 0 bridgehead atoms. The first-order chi connectivity index (χ1) is 10.4. The van der Waals surface area contributed by atoms with E-state index in [1.165, 1.54) is 15.8 Å². The van der Waals surface area contributed by atoms with Crippen LogP contribution in [0, 0.1) is 31.1 Å². The average molecular weight is 295 g/mol. The lowest BCUT2D eigenvalue weighted by atomic mass is 10.0. The lowest BCUT2D eigenvalue weighted by molar-refractivity contribution is 0.463. The number of rotatable bonds is 4. The minimum absolute atomic E-state index is 0.108. The Hall–Kier alpha value is -2.41. The molecule has 0 amide bonds. The summed E-state index contributed by atoms with van der Waals surface area (Å²) >= 11 is 0. The van der Waals surface area contributed by atoms with Crippen LogP contribution in [0.1, 0.15) is 30.5 Å². The van der Waals surface area contributed by atoms with Gasteiger partial charge in [-0.05, 0) is 43.0 Å². The van der Waals surface area contributed by atoms with Gasteiger partial charge in [-0.2, -0.15) is 10.4 Å². The molecule has 114 valence electrons. The Morgan fingerprint density at radius 3 is 2.55 bits per heavy atom. The van der Waals surface area contributed by atoms with Crippen molar-refractivity contribution in [3.05, 3.63) is 51.3 Å². The number of aromatic nitrogens is 2. The maximum atomic E-state index is 12.3. The minimum Gasteiger partial charge on any atom is -0.267 e. The van der Waals surface area contributed by atoms with Crippen LogP contribution in [0.2, 0.25) is 0 Å². The third-order valence-corrected chi connectivity index (χ3v) is 3.66. The SMILES string of the molecule is Cc1ccc(-c2cc(CC#N)c(=O)n(CC(C)C)n2)cc1C. The summed E-state index contributed by atoms with van der Waals surface area (Å²) < 4.78 is 1.49. The highest BCUT2D eigenvalue weighted by Crippen LogP contribution is 2.20. The Labute approximate surface area is 131 Å². The van der Waals surface area contributed by atoms with Crippen LogP contribution in [0.3, 0.4) is 0 Å². The van der Waals surface area contributed by atoms with Gasteiger partial charge in [0.2, 0.25) is 0 Å². The lowest BCUT2D eigenvalue weighted by Gasteiger charge is -2.12. The van der Waals surface area contributed by atoms with Crippen molar-refractivity contribution >= 4 is 0 Å². The summed E-state index contributed by atoms with van der Waals surface area (Å²) in [5.41, 5.74) is 4.46. The average Bonchev–Trinajstić information content (AvgIpc) is 2.45. The molecule has 1 heterocycles. The van der Waals surface area contributed by atoms with E-state index in [1.54, 1.807) is 6.07 Å². The van der Waals surface area contributed by atoms with Crippen LogP contribution in [0.4, 0.5) is 0 Å². The van der Waals surface area contributed by atoms with Crippen LogP contribution in [0.5, 0.6) is 0 Å². The van der Waals surface area contributed by atoms with E-state index in [0.29, 0.717) is 18.0 Å². The fraction of sp³-hybridized carbons (Fsp3) is 0.389. The molecule has 1 aromatic heterocycles. The molecule has 0 N–H and O–H groups in total. The normalized spacial score (nSPS) is 10.7. The summed E-state index contributed by atoms with van der Waals surface area (Å²) in [5, 5.41) is 13.4. The second-order valence-corrected chi connectivity index (χ2v) is 6.07. The molecule has 2 rings (SSSR count). The van der Waals surface area contributed by atoms with Crippen molar-refractivity contribution in [1.82, 2.24) is 9.78 Å². The topological polar surface area (TPSA) is 58.7 Å². The highest BCUT2D eigenvalue weighted by Gasteiger charge is 2.11. The Balaban J connectivity index is 2.60. The van der Waals surface area contributed by atoms with Crippen molar-refractivity contribution in [2.45, 2.75) is 40.7 Å². The number of nitriles is 1. The summed E-state index contributed by atoms with van der Waals surface area (Å²) in [6, 6.07) is 9.93. The van der Waals surface area contributed by atoms with Crippen LogP contribution in [0.15, 0.2) is 29.1 Å². The van der Waals surface area contributed by atoms with Crippen molar-refractivity contribution in [3.8, 4) is 17.3 Å². The molecule has 0 radical (unpaired) electrons. The van der Waals surface area contributed by atoms with Gasteiger partial charge in [0.05, 0.1) is 18.2 Å². The molecular weight excluding hydrogens is 274 g/mol. The van der Waals surface area contributed by atoms with Crippen molar-refractivity contribution in [3.63, 3.8) is 0 Å². The molecule has 0 aliphatic rings. The predicted octanol–water partition coefficient (Wildman–Crippen LogP) is 3.25. The maximum Gasteiger partial charge on any atom is 0.271 e. The van der Waals surface area contributed by atoms with E-state index in [0.717, 1.165) is 11.3 Å². The Morgan fingerprint density at radius 2 is 1.95 bits per heavy atom. The molecule has 0 fully saturated rings. The smallest absolute Gasteiger partial charge is 0.267 e. The first-order valence-corrected chi connectivity index (χ1v) is 7.48. The summed E-state index contributed by atoms with van der Waals surface area (Å²) in [5.74, 6) is 0.315. The second-order valence-electron chi connectivity index (χ2n) is 6.07. The molecule has 0 saturated heterocycles. The monoisotopic (exact) mass is 295 g/mol. The molecule has 0 atom stereocenters. The van der Waals surface area contributed by atoms with Gasteiger partial charge in [0, 0.05) is 17.7 Å². The standard InChI is InChI=1S/C18H21N3O/c1-12(2)11-21-18(22)16(7-8-19)10-17(20-21)15-6-5-13(3)14(4)9-15/h5-6,9-10,12H,7,11H2,1-4H3. The van der Waals surface area contributed by atoms with E-state index in [-0.39, 0.29) is 12.0 Å². The highest BCUT2D eigenvalue weighted by atomic mass is 16.1. The lowest BCUT2D eigenvalue weighted by Crippen LogP contribution is -2.28. The van der Waals surface area contributed by atoms with Gasteiger partial charge in [0.1, 0.15) is 0 Å². The molecule has 0 aliphatic heterocycles. The molecule has 0 saturated carbocycles. The Kier molecular flexibility index (Phi) is 4.77. The maximum absolute atomic E-state index is 12.3. The summed E-state index contributed by atoms with van der Waals surface area (Å²) in [4.78, 5) is 12.3. The van der Waals surface area contributed by atoms with Gasteiger partial charge in [-0.15, -0.1) is 0 Å². The zero-order valence-corrected chi connectivity index (χ0v) is 13.6. The number of benzene rings is 1. The third-order valence-electron chi connectivity index (χ3n) is 3.66. The Bertz CT molecular complexity index is 782. The van der Waals surface area contributed by atoms with Gasteiger partial charge < -0.3 is 0 Å². The van der Waals surface area contributed by atoms with Gasteiger partial charge in [0.15, 0.2) is 0 Å². The van der Waals surface area contributed by atoms with E-state index in [4.69, 9.17) is 5.26 Å². The van der Waals surface area contributed by atoms with Crippen LogP contribution in [0.25, 0.3) is 11.3 Å². The third kappa shape index (κ3) is 3.43. The number of aryl methyl sites for hydroxylation is 2. The summed E-state index contributed by atoms with van der Waals surface area (Å²) in [6.07, 6.45) is 0.108. The van der Waals surface area contributed by atoms with E-state index >= 15 is 0 Å². The van der Waals surface area contributed by atoms with Crippen molar-refractivity contribution in [1.29, 1.82) is 5.26 Å². The highest BCUT2D eigenvalue weighted by molar-refractivity contribution is 5.61. The number of hydrogen-bond donors (Lipinski definition) is 0. The first kappa shape index (κ1) is 16.0. The van der Waals surface area contributed by atoms with Crippen LogP contribution in [-0.4, -0.2) is 9.78 Å². The Morgan fingerprint density at radius 1 is 1.23 bits per heavy atom. The van der Waals surface area contributed by atoms with Crippen molar-refractivity contribution < 1.29 is 0 Å². The minimum atomic E-state index is -0.164. The summed E-state index contributed by atoms with van der Waals surface area (Å²) in [6.45, 7) is 8.75.